The van der Waals surface area contributed by atoms with Crippen molar-refractivity contribution in [3.63, 3.8) is 0 Å². The van der Waals surface area contributed by atoms with Crippen molar-refractivity contribution in [3.05, 3.63) is 71.8 Å². The lowest BCUT2D eigenvalue weighted by Gasteiger charge is -2.27. The summed E-state index contributed by atoms with van der Waals surface area (Å²) < 4.78 is 43.2. The zero-order chi connectivity index (χ0) is 19.0. The second-order valence-electron chi connectivity index (χ2n) is 5.80. The average molecular weight is 363 g/mol. The summed E-state index contributed by atoms with van der Waals surface area (Å²) in [5.74, 6) is 3.33. The van der Waals surface area contributed by atoms with Gasteiger partial charge in [0.25, 0.3) is 0 Å². The van der Waals surface area contributed by atoms with E-state index in [2.05, 4.69) is 5.92 Å². The molecule has 0 aliphatic carbocycles. The Morgan fingerprint density at radius 2 is 1.54 bits per heavy atom. The third kappa shape index (κ3) is 6.89. The molecule has 0 aliphatic rings. The van der Waals surface area contributed by atoms with Crippen LogP contribution in [0.5, 0.6) is 0 Å². The lowest BCUT2D eigenvalue weighted by molar-refractivity contribution is -0.153. The fourth-order valence-corrected chi connectivity index (χ4v) is 2.35. The standard InChI is InChI=1S/C20H20F3NO2/c1-16(26-15-18-10-6-3-7-11-18)19(12-13-20(21,22)23)24(25)14-17-8-4-2-5-9-17/h2-11,16,19,25H,14-15H2,1H3/t16-,19+/m0/s1. The van der Waals surface area contributed by atoms with Crippen molar-refractivity contribution >= 4 is 0 Å². The van der Waals surface area contributed by atoms with Gasteiger partial charge >= 0.3 is 6.18 Å². The first-order chi connectivity index (χ1) is 12.3. The largest absolute Gasteiger partial charge is 0.457 e. The van der Waals surface area contributed by atoms with E-state index in [0.717, 1.165) is 16.2 Å². The summed E-state index contributed by atoms with van der Waals surface area (Å²) in [6, 6.07) is 17.1. The van der Waals surface area contributed by atoms with Crippen LogP contribution in [-0.2, 0) is 17.9 Å². The minimum absolute atomic E-state index is 0.0388. The van der Waals surface area contributed by atoms with Crippen molar-refractivity contribution < 1.29 is 23.1 Å². The number of benzene rings is 2. The van der Waals surface area contributed by atoms with Crippen LogP contribution in [-0.4, -0.2) is 28.6 Å². The van der Waals surface area contributed by atoms with Gasteiger partial charge in [0, 0.05) is 5.92 Å². The predicted molar refractivity (Wildman–Crippen MR) is 92.1 cm³/mol. The molecular weight excluding hydrogens is 343 g/mol. The summed E-state index contributed by atoms with van der Waals surface area (Å²) in [5.41, 5.74) is 1.64. The zero-order valence-electron chi connectivity index (χ0n) is 14.3. The van der Waals surface area contributed by atoms with E-state index in [9.17, 15) is 18.4 Å². The molecule has 1 N–H and O–H groups in total. The fourth-order valence-electron chi connectivity index (χ4n) is 2.35. The second-order valence-corrected chi connectivity index (χ2v) is 5.80. The van der Waals surface area contributed by atoms with Gasteiger partial charge in [0.05, 0.1) is 19.3 Å². The third-order valence-electron chi connectivity index (χ3n) is 3.67. The highest BCUT2D eigenvalue weighted by atomic mass is 19.4. The Morgan fingerprint density at radius 1 is 1.00 bits per heavy atom. The van der Waals surface area contributed by atoms with E-state index in [-0.39, 0.29) is 13.2 Å². The Kier molecular flexibility index (Phi) is 7.22. The normalized spacial score (nSPS) is 13.8. The Morgan fingerprint density at radius 3 is 2.08 bits per heavy atom. The quantitative estimate of drug-likeness (QED) is 0.584. The number of alkyl halides is 3. The summed E-state index contributed by atoms with van der Waals surface area (Å²) >= 11 is 0. The van der Waals surface area contributed by atoms with Crippen LogP contribution in [0.1, 0.15) is 18.1 Å². The molecule has 0 aromatic heterocycles. The van der Waals surface area contributed by atoms with Crippen LogP contribution in [0.25, 0.3) is 0 Å². The molecule has 0 saturated heterocycles. The summed E-state index contributed by atoms with van der Waals surface area (Å²) in [6.45, 7) is 1.84. The highest BCUT2D eigenvalue weighted by Gasteiger charge is 2.27. The number of ether oxygens (including phenoxy) is 1. The van der Waals surface area contributed by atoms with E-state index in [1.807, 2.05) is 36.4 Å². The molecule has 3 nitrogen and oxygen atoms in total. The lowest BCUT2D eigenvalue weighted by Crippen LogP contribution is -2.40. The number of halogens is 3. The topological polar surface area (TPSA) is 32.7 Å². The molecule has 2 aromatic rings. The highest BCUT2D eigenvalue weighted by Crippen LogP contribution is 2.16. The van der Waals surface area contributed by atoms with Gasteiger partial charge in [-0.1, -0.05) is 66.6 Å². The molecule has 0 amide bonds. The summed E-state index contributed by atoms with van der Waals surface area (Å²) in [6.07, 6.45) is -5.37. The van der Waals surface area contributed by atoms with Crippen LogP contribution in [0, 0.1) is 11.8 Å². The Balaban J connectivity index is 2.09. The minimum atomic E-state index is -4.63. The van der Waals surface area contributed by atoms with Gasteiger partial charge < -0.3 is 9.94 Å². The van der Waals surface area contributed by atoms with Gasteiger partial charge in [-0.15, -0.1) is 0 Å². The number of hydroxylamine groups is 2. The van der Waals surface area contributed by atoms with Crippen LogP contribution < -0.4 is 0 Å². The van der Waals surface area contributed by atoms with E-state index < -0.39 is 18.3 Å². The molecule has 2 atom stereocenters. The maximum absolute atomic E-state index is 12.5. The minimum Gasteiger partial charge on any atom is -0.371 e. The van der Waals surface area contributed by atoms with Crippen molar-refractivity contribution in [2.24, 2.45) is 0 Å². The van der Waals surface area contributed by atoms with Crippen LogP contribution in [0.3, 0.4) is 0 Å². The van der Waals surface area contributed by atoms with E-state index in [0.29, 0.717) is 0 Å². The molecule has 0 spiro atoms. The molecular formula is C20H20F3NO2. The Labute approximate surface area is 151 Å². The molecule has 138 valence electrons. The van der Waals surface area contributed by atoms with E-state index in [1.165, 1.54) is 5.92 Å². The van der Waals surface area contributed by atoms with Gasteiger partial charge in [-0.05, 0) is 18.1 Å². The molecule has 0 saturated carbocycles. The number of nitrogens with zero attached hydrogens (tertiary/aromatic N) is 1. The SMILES string of the molecule is C[C@H](OCc1ccccc1)[C@@H](C#CC(F)(F)F)N(O)Cc1ccccc1. The molecule has 0 aliphatic heterocycles. The maximum Gasteiger partial charge on any atom is 0.457 e. The van der Waals surface area contributed by atoms with Gasteiger partial charge in [0.15, 0.2) is 0 Å². The Bertz CT molecular complexity index is 723. The molecule has 0 heterocycles. The van der Waals surface area contributed by atoms with Gasteiger partial charge in [-0.25, -0.2) is 0 Å². The summed E-state index contributed by atoms with van der Waals surface area (Å²) in [7, 11) is 0. The number of rotatable bonds is 7. The fraction of sp³-hybridized carbons (Fsp3) is 0.300. The average Bonchev–Trinajstić information content (AvgIpc) is 2.61. The smallest absolute Gasteiger partial charge is 0.371 e. The zero-order valence-corrected chi connectivity index (χ0v) is 14.3. The van der Waals surface area contributed by atoms with Crippen molar-refractivity contribution in [3.8, 4) is 11.8 Å². The van der Waals surface area contributed by atoms with Crippen molar-refractivity contribution in [1.82, 2.24) is 5.06 Å². The second kappa shape index (κ2) is 9.39. The van der Waals surface area contributed by atoms with Crippen molar-refractivity contribution in [1.29, 1.82) is 0 Å². The molecule has 0 fully saturated rings. The first-order valence-electron chi connectivity index (χ1n) is 8.09. The maximum atomic E-state index is 12.5. The van der Waals surface area contributed by atoms with Crippen LogP contribution in [0.4, 0.5) is 13.2 Å². The van der Waals surface area contributed by atoms with Gasteiger partial charge in [0.2, 0.25) is 0 Å². The van der Waals surface area contributed by atoms with Gasteiger partial charge in [0.1, 0.15) is 6.04 Å². The molecule has 2 aromatic carbocycles. The molecule has 0 bridgehead atoms. The molecule has 26 heavy (non-hydrogen) atoms. The monoisotopic (exact) mass is 363 g/mol. The Hall–Kier alpha value is -2.33. The van der Waals surface area contributed by atoms with Crippen molar-refractivity contribution in [2.45, 2.75) is 38.4 Å². The predicted octanol–water partition coefficient (Wildman–Crippen LogP) is 4.42. The van der Waals surface area contributed by atoms with Gasteiger partial charge in [-0.2, -0.15) is 18.2 Å². The van der Waals surface area contributed by atoms with E-state index in [4.69, 9.17) is 4.74 Å². The highest BCUT2D eigenvalue weighted by molar-refractivity contribution is 5.18. The van der Waals surface area contributed by atoms with Crippen molar-refractivity contribution in [2.75, 3.05) is 0 Å². The van der Waals surface area contributed by atoms with Crippen LogP contribution in [0.2, 0.25) is 0 Å². The summed E-state index contributed by atoms with van der Waals surface area (Å²) in [5, 5.41) is 11.1. The van der Waals surface area contributed by atoms with E-state index >= 15 is 0 Å². The number of hydrogen-bond acceptors (Lipinski definition) is 3. The first-order valence-corrected chi connectivity index (χ1v) is 8.09. The lowest BCUT2D eigenvalue weighted by atomic mass is 10.1. The third-order valence-corrected chi connectivity index (χ3v) is 3.67. The number of hydrogen-bond donors (Lipinski definition) is 1. The summed E-state index contributed by atoms with van der Waals surface area (Å²) in [4.78, 5) is 0. The van der Waals surface area contributed by atoms with Crippen LogP contribution in [0.15, 0.2) is 60.7 Å². The molecule has 0 unspecified atom stereocenters. The first kappa shape index (κ1) is 20.0. The molecule has 6 heteroatoms. The van der Waals surface area contributed by atoms with Gasteiger partial charge in [-0.3, -0.25) is 0 Å². The van der Waals surface area contributed by atoms with Crippen LogP contribution >= 0.6 is 0 Å². The molecule has 2 rings (SSSR count). The van der Waals surface area contributed by atoms with E-state index in [1.54, 1.807) is 31.2 Å². The molecule has 0 radical (unpaired) electrons.